The maximum atomic E-state index is 9.85. The number of nitrogens with zero attached hydrogens (tertiary/aromatic N) is 1. The number of nitrogens with one attached hydrogen (secondary N) is 4. The number of fused-ring (bicyclic) bond motifs is 1. The van der Waals surface area contributed by atoms with E-state index in [-0.39, 0.29) is 6.04 Å². The molecule has 1 aromatic heterocycles. The molecule has 0 amide bonds. The molecule has 3 heterocycles. The van der Waals surface area contributed by atoms with Gasteiger partial charge in [0.25, 0.3) is 0 Å². The Morgan fingerprint density at radius 3 is 2.93 bits per heavy atom. The molecule has 0 bridgehead atoms. The summed E-state index contributed by atoms with van der Waals surface area (Å²) in [6, 6.07) is 6.58. The van der Waals surface area contributed by atoms with E-state index in [0.29, 0.717) is 29.5 Å². The van der Waals surface area contributed by atoms with E-state index in [0.717, 1.165) is 37.4 Å². The lowest BCUT2D eigenvalue weighted by Crippen LogP contribution is -2.35. The largest absolute Gasteiger partial charge is 0.508 e. The van der Waals surface area contributed by atoms with E-state index in [2.05, 4.69) is 47.1 Å². The van der Waals surface area contributed by atoms with Gasteiger partial charge in [0.1, 0.15) is 11.6 Å². The van der Waals surface area contributed by atoms with Gasteiger partial charge in [0.2, 0.25) is 0 Å². The van der Waals surface area contributed by atoms with Crippen molar-refractivity contribution in [2.24, 2.45) is 11.8 Å². The molecule has 6 nitrogen and oxygen atoms in total. The number of imidazole rings is 1. The fourth-order valence-corrected chi connectivity index (χ4v) is 5.72. The van der Waals surface area contributed by atoms with Crippen molar-refractivity contribution in [1.82, 2.24) is 26.1 Å². The Morgan fingerprint density at radius 2 is 2.10 bits per heavy atom. The number of benzene rings is 1. The second-order valence-electron chi connectivity index (χ2n) is 9.18. The van der Waals surface area contributed by atoms with Crippen molar-refractivity contribution in [2.45, 2.75) is 57.5 Å². The van der Waals surface area contributed by atoms with Crippen LogP contribution >= 0.6 is 0 Å². The van der Waals surface area contributed by atoms with E-state index in [1.165, 1.54) is 29.5 Å². The molecule has 2 fully saturated rings. The molecule has 2 aromatic rings. The van der Waals surface area contributed by atoms with E-state index >= 15 is 0 Å². The first-order chi connectivity index (χ1) is 14.6. The van der Waals surface area contributed by atoms with Gasteiger partial charge in [-0.25, -0.2) is 10.4 Å². The summed E-state index contributed by atoms with van der Waals surface area (Å²) in [4.78, 5) is 8.38. The van der Waals surface area contributed by atoms with Crippen LogP contribution in [0, 0.1) is 11.8 Å². The van der Waals surface area contributed by atoms with Crippen LogP contribution in [0.3, 0.4) is 0 Å². The predicted molar refractivity (Wildman–Crippen MR) is 119 cm³/mol. The highest BCUT2D eigenvalue weighted by Crippen LogP contribution is 2.44. The molecule has 1 aromatic carbocycles. The number of aromatic hydroxyl groups is 1. The Kier molecular flexibility index (Phi) is 5.39. The van der Waals surface area contributed by atoms with E-state index in [9.17, 15) is 5.11 Å². The number of phenols is 1. The fourth-order valence-electron chi connectivity index (χ4n) is 5.72. The molecule has 5 N–H and O–H groups in total. The summed E-state index contributed by atoms with van der Waals surface area (Å²) in [5, 5.41) is 13.3. The van der Waals surface area contributed by atoms with Gasteiger partial charge in [0.15, 0.2) is 0 Å². The molecule has 5 atom stereocenters. The Labute approximate surface area is 178 Å². The summed E-state index contributed by atoms with van der Waals surface area (Å²) in [6.45, 7) is 6.38. The van der Waals surface area contributed by atoms with Gasteiger partial charge in [-0.3, -0.25) is 5.43 Å². The minimum Gasteiger partial charge on any atom is -0.508 e. The molecule has 6 heteroatoms. The maximum Gasteiger partial charge on any atom is 0.125 e. The molecule has 2 aliphatic heterocycles. The second kappa shape index (κ2) is 8.17. The van der Waals surface area contributed by atoms with Crippen LogP contribution in [0.1, 0.15) is 67.7 Å². The van der Waals surface area contributed by atoms with E-state index in [1.54, 1.807) is 0 Å². The average molecular weight is 408 g/mol. The first-order valence-electron chi connectivity index (χ1n) is 11.4. The monoisotopic (exact) mass is 407 g/mol. The maximum absolute atomic E-state index is 9.85. The van der Waals surface area contributed by atoms with E-state index in [4.69, 9.17) is 4.98 Å². The molecule has 30 heavy (non-hydrogen) atoms. The lowest BCUT2D eigenvalue weighted by Gasteiger charge is -2.33. The van der Waals surface area contributed by atoms with E-state index < -0.39 is 0 Å². The fraction of sp³-hybridized carbons (Fsp3) is 0.542. The van der Waals surface area contributed by atoms with Gasteiger partial charge in [0, 0.05) is 19.1 Å². The quantitative estimate of drug-likeness (QED) is 0.536. The molecule has 160 valence electrons. The zero-order valence-electron chi connectivity index (χ0n) is 17.9. The van der Waals surface area contributed by atoms with Crippen molar-refractivity contribution < 1.29 is 5.11 Å². The standard InChI is InChI=1S/C24H33N5O/c1-3-15-10-17(30)5-7-19(15)16-4-6-20-21(11-16)28-29-23(20)24-26-13-22(27-24)18-8-9-25-12-14(18)2/h5,7-8,10,13-14,16,20-21,23,25,28-30H,3-4,6,9,11-12H2,1-2H3,(H,26,27). The SMILES string of the molecule is CCc1cc(O)ccc1C1CCC2C(C1)NNC2c1ncc(C2=CCNCC2C)[nH]1. The number of H-pyrrole nitrogens is 1. The summed E-state index contributed by atoms with van der Waals surface area (Å²) in [5.74, 6) is 3.01. The summed E-state index contributed by atoms with van der Waals surface area (Å²) >= 11 is 0. The number of aromatic nitrogens is 2. The van der Waals surface area contributed by atoms with Gasteiger partial charge in [-0.2, -0.15) is 0 Å². The number of rotatable bonds is 4. The third-order valence-electron chi connectivity index (χ3n) is 7.35. The highest BCUT2D eigenvalue weighted by molar-refractivity contribution is 5.65. The Bertz CT molecular complexity index is 935. The molecule has 3 aliphatic rings. The highest BCUT2D eigenvalue weighted by atomic mass is 16.3. The lowest BCUT2D eigenvalue weighted by molar-refractivity contribution is 0.276. The molecule has 1 saturated heterocycles. The summed E-state index contributed by atoms with van der Waals surface area (Å²) in [6.07, 6.45) is 8.72. The van der Waals surface area contributed by atoms with Crippen molar-refractivity contribution in [1.29, 1.82) is 0 Å². The number of hydrazine groups is 1. The number of hydrogen-bond donors (Lipinski definition) is 5. The van der Waals surface area contributed by atoms with Crippen LogP contribution in [0.15, 0.2) is 30.5 Å². The van der Waals surface area contributed by atoms with Gasteiger partial charge >= 0.3 is 0 Å². The van der Waals surface area contributed by atoms with Gasteiger partial charge < -0.3 is 15.4 Å². The Hall–Kier alpha value is -2.15. The third-order valence-corrected chi connectivity index (χ3v) is 7.35. The zero-order chi connectivity index (χ0) is 20.7. The molecule has 0 radical (unpaired) electrons. The van der Waals surface area contributed by atoms with Gasteiger partial charge in [-0.1, -0.05) is 26.0 Å². The smallest absolute Gasteiger partial charge is 0.125 e. The summed E-state index contributed by atoms with van der Waals surface area (Å²) < 4.78 is 0. The van der Waals surface area contributed by atoms with Crippen LogP contribution in [-0.4, -0.2) is 34.2 Å². The highest BCUT2D eigenvalue weighted by Gasteiger charge is 2.42. The number of aromatic amines is 1. The topological polar surface area (TPSA) is 85.0 Å². The predicted octanol–water partition coefficient (Wildman–Crippen LogP) is 3.40. The van der Waals surface area contributed by atoms with Gasteiger partial charge in [-0.05, 0) is 72.3 Å². The normalized spacial score (nSPS) is 31.4. The van der Waals surface area contributed by atoms with Crippen molar-refractivity contribution in [3.63, 3.8) is 0 Å². The Morgan fingerprint density at radius 1 is 1.20 bits per heavy atom. The molecule has 0 spiro atoms. The van der Waals surface area contributed by atoms with Crippen LogP contribution in [0.4, 0.5) is 0 Å². The number of aryl methyl sites for hydroxylation is 1. The molecule has 5 unspecified atom stereocenters. The summed E-state index contributed by atoms with van der Waals surface area (Å²) in [7, 11) is 0. The van der Waals surface area contributed by atoms with Crippen LogP contribution in [0.5, 0.6) is 5.75 Å². The number of phenolic OH excluding ortho intramolecular Hbond substituents is 1. The summed E-state index contributed by atoms with van der Waals surface area (Å²) in [5.41, 5.74) is 12.3. The van der Waals surface area contributed by atoms with Gasteiger partial charge in [0.05, 0.1) is 17.9 Å². The molecular weight excluding hydrogens is 374 g/mol. The average Bonchev–Trinajstić information content (AvgIpc) is 3.40. The van der Waals surface area contributed by atoms with Crippen LogP contribution < -0.4 is 16.2 Å². The third kappa shape index (κ3) is 3.57. The minimum atomic E-state index is 0.229. The molecule has 5 rings (SSSR count). The number of hydrogen-bond acceptors (Lipinski definition) is 5. The van der Waals surface area contributed by atoms with Crippen molar-refractivity contribution in [3.8, 4) is 5.75 Å². The zero-order valence-corrected chi connectivity index (χ0v) is 17.9. The lowest BCUT2D eigenvalue weighted by atomic mass is 9.73. The van der Waals surface area contributed by atoms with Crippen LogP contribution in [0.2, 0.25) is 0 Å². The van der Waals surface area contributed by atoms with E-state index in [1.807, 2.05) is 18.3 Å². The van der Waals surface area contributed by atoms with Crippen molar-refractivity contribution in [3.05, 3.63) is 53.1 Å². The van der Waals surface area contributed by atoms with Gasteiger partial charge in [-0.15, -0.1) is 0 Å². The first kappa shape index (κ1) is 19.8. The first-order valence-corrected chi connectivity index (χ1v) is 11.4. The molecule has 1 saturated carbocycles. The van der Waals surface area contributed by atoms with Crippen LogP contribution in [-0.2, 0) is 6.42 Å². The Balaban J connectivity index is 1.31. The second-order valence-corrected chi connectivity index (χ2v) is 9.18. The molecule has 1 aliphatic carbocycles. The van der Waals surface area contributed by atoms with Crippen LogP contribution in [0.25, 0.3) is 5.57 Å². The minimum absolute atomic E-state index is 0.229. The van der Waals surface area contributed by atoms with Crippen molar-refractivity contribution in [2.75, 3.05) is 13.1 Å². The van der Waals surface area contributed by atoms with Crippen molar-refractivity contribution >= 4 is 5.57 Å². The molecular formula is C24H33N5O.